The van der Waals surface area contributed by atoms with Crippen LogP contribution in [0.3, 0.4) is 0 Å². The molecule has 0 heterocycles. The average Bonchev–Trinajstić information content (AvgIpc) is 2.83. The van der Waals surface area contributed by atoms with Crippen LogP contribution in [0.4, 0.5) is 15.8 Å². The maximum absolute atomic E-state index is 13.3. The maximum atomic E-state index is 13.3. The third-order valence-electron chi connectivity index (χ3n) is 5.50. The molecule has 0 aliphatic carbocycles. The van der Waals surface area contributed by atoms with Crippen LogP contribution < -0.4 is 10.4 Å². The van der Waals surface area contributed by atoms with Crippen LogP contribution in [-0.2, 0) is 4.74 Å². The van der Waals surface area contributed by atoms with Crippen LogP contribution in [-0.4, -0.2) is 18.9 Å². The number of para-hydroxylation sites is 2. The topological polar surface area (TPSA) is 44.7 Å². The Hall–Kier alpha value is -3.15. The van der Waals surface area contributed by atoms with Gasteiger partial charge >= 0.3 is 0 Å². The third-order valence-corrected chi connectivity index (χ3v) is 5.50. The molecule has 0 aliphatic heterocycles. The van der Waals surface area contributed by atoms with Crippen molar-refractivity contribution in [1.82, 2.24) is 5.48 Å². The van der Waals surface area contributed by atoms with Gasteiger partial charge in [0.2, 0.25) is 0 Å². The number of allylic oxidation sites excluding steroid dienone is 1. The molecular formula is C26H29FN2O2. The van der Waals surface area contributed by atoms with Gasteiger partial charge in [-0.1, -0.05) is 55.1 Å². The van der Waals surface area contributed by atoms with Gasteiger partial charge in [0.05, 0.1) is 6.10 Å². The molecular weight excluding hydrogens is 391 g/mol. The Kier molecular flexibility index (Phi) is 8.21. The Morgan fingerprint density at radius 3 is 2.00 bits per heavy atom. The second-order valence-corrected chi connectivity index (χ2v) is 7.46. The first-order valence-corrected chi connectivity index (χ1v) is 10.4. The average molecular weight is 421 g/mol. The van der Waals surface area contributed by atoms with E-state index in [1.165, 1.54) is 12.1 Å². The zero-order valence-corrected chi connectivity index (χ0v) is 17.7. The van der Waals surface area contributed by atoms with Crippen molar-refractivity contribution in [1.29, 1.82) is 0 Å². The lowest BCUT2D eigenvalue weighted by Crippen LogP contribution is -2.25. The summed E-state index contributed by atoms with van der Waals surface area (Å²) in [4.78, 5) is 2.25. The predicted molar refractivity (Wildman–Crippen MR) is 123 cm³/mol. The second kappa shape index (κ2) is 11.3. The Bertz CT molecular complexity index is 893. The summed E-state index contributed by atoms with van der Waals surface area (Å²) in [6.07, 6.45) is 1.10. The highest BCUT2D eigenvalue weighted by Gasteiger charge is 2.22. The van der Waals surface area contributed by atoms with Crippen molar-refractivity contribution in [3.63, 3.8) is 0 Å². The molecule has 2 atom stereocenters. The lowest BCUT2D eigenvalue weighted by Gasteiger charge is -2.29. The molecule has 0 radical (unpaired) electrons. The number of nitrogens with zero attached hydrogens (tertiary/aromatic N) is 1. The first kappa shape index (κ1) is 22.5. The van der Waals surface area contributed by atoms with E-state index in [0.717, 1.165) is 29.9 Å². The van der Waals surface area contributed by atoms with E-state index in [1.54, 1.807) is 19.2 Å². The zero-order valence-electron chi connectivity index (χ0n) is 17.7. The van der Waals surface area contributed by atoms with E-state index in [1.807, 2.05) is 36.4 Å². The third kappa shape index (κ3) is 6.17. The van der Waals surface area contributed by atoms with E-state index >= 15 is 0 Å². The Balaban J connectivity index is 1.79. The fourth-order valence-corrected chi connectivity index (χ4v) is 3.74. The minimum absolute atomic E-state index is 0.0603. The van der Waals surface area contributed by atoms with Crippen LogP contribution >= 0.6 is 0 Å². The van der Waals surface area contributed by atoms with Crippen LogP contribution in [0.5, 0.6) is 0 Å². The van der Waals surface area contributed by atoms with Crippen molar-refractivity contribution >= 4 is 11.4 Å². The predicted octanol–water partition coefficient (Wildman–Crippen LogP) is 6.24. The minimum atomic E-state index is -0.280. The maximum Gasteiger partial charge on any atom is 0.123 e. The molecule has 0 amide bonds. The minimum Gasteiger partial charge on any atom is -0.377 e. The molecule has 0 saturated carbocycles. The summed E-state index contributed by atoms with van der Waals surface area (Å²) < 4.78 is 19.0. The molecule has 0 fully saturated rings. The van der Waals surface area contributed by atoms with Gasteiger partial charge in [0.15, 0.2) is 0 Å². The lowest BCUT2D eigenvalue weighted by molar-refractivity contribution is 0.0777. The summed E-state index contributed by atoms with van der Waals surface area (Å²) in [5.41, 5.74) is 5.84. The number of hydrogen-bond donors (Lipinski definition) is 2. The molecule has 5 heteroatoms. The van der Waals surface area contributed by atoms with Crippen molar-refractivity contribution < 1.29 is 14.3 Å². The van der Waals surface area contributed by atoms with E-state index in [-0.39, 0.29) is 17.8 Å². The van der Waals surface area contributed by atoms with Gasteiger partial charge in [0.25, 0.3) is 0 Å². The zero-order chi connectivity index (χ0) is 22.1. The second-order valence-electron chi connectivity index (χ2n) is 7.46. The van der Waals surface area contributed by atoms with Gasteiger partial charge in [0.1, 0.15) is 5.82 Å². The summed E-state index contributed by atoms with van der Waals surface area (Å²) >= 11 is 0. The number of benzene rings is 3. The van der Waals surface area contributed by atoms with Crippen LogP contribution in [0.1, 0.15) is 24.5 Å². The number of rotatable bonds is 11. The van der Waals surface area contributed by atoms with Gasteiger partial charge in [-0.05, 0) is 54.8 Å². The molecule has 0 bridgehead atoms. The highest BCUT2D eigenvalue weighted by Crippen LogP contribution is 2.32. The molecule has 3 aromatic carbocycles. The van der Waals surface area contributed by atoms with E-state index < -0.39 is 0 Å². The molecule has 4 nitrogen and oxygen atoms in total. The first-order valence-electron chi connectivity index (χ1n) is 10.4. The molecule has 3 aromatic rings. The molecule has 31 heavy (non-hydrogen) atoms. The van der Waals surface area contributed by atoms with Crippen molar-refractivity contribution in [2.24, 2.45) is 5.92 Å². The number of hydrogen-bond acceptors (Lipinski definition) is 4. The van der Waals surface area contributed by atoms with Crippen LogP contribution in [0, 0.1) is 11.7 Å². The van der Waals surface area contributed by atoms with Crippen LogP contribution in [0.15, 0.2) is 97.2 Å². The summed E-state index contributed by atoms with van der Waals surface area (Å²) in [6, 6.07) is 26.7. The molecule has 0 saturated heterocycles. The molecule has 0 unspecified atom stereocenters. The standard InChI is InChI=1S/C26H29FN2O2/c1-20(28-30)22(19-26(31-2)21-13-15-23(27)16-14-21)17-18-29(24-9-5-3-6-10-24)25-11-7-4-8-12-25/h3-16,22,26,28,30H,1,17-19H2,2H3/t22-,26+/m0/s1. The van der Waals surface area contributed by atoms with Gasteiger partial charge < -0.3 is 9.64 Å². The summed E-state index contributed by atoms with van der Waals surface area (Å²) in [5.74, 6) is -0.340. The van der Waals surface area contributed by atoms with Crippen molar-refractivity contribution in [2.75, 3.05) is 18.6 Å². The SMILES string of the molecule is C=C(NO)[C@@H](CCN(c1ccccc1)c1ccccc1)C[C@@H](OC)c1ccc(F)cc1. The van der Waals surface area contributed by atoms with Crippen LogP contribution in [0.2, 0.25) is 0 Å². The fourth-order valence-electron chi connectivity index (χ4n) is 3.74. The Morgan fingerprint density at radius 2 is 1.52 bits per heavy atom. The molecule has 0 spiro atoms. The van der Waals surface area contributed by atoms with Gasteiger partial charge in [0, 0.05) is 36.6 Å². The quantitative estimate of drug-likeness (QED) is 0.360. The highest BCUT2D eigenvalue weighted by molar-refractivity contribution is 5.62. The number of hydroxylamine groups is 1. The number of methoxy groups -OCH3 is 1. The van der Waals surface area contributed by atoms with Gasteiger partial charge in [-0.2, -0.15) is 0 Å². The molecule has 3 rings (SSSR count). The van der Waals surface area contributed by atoms with Crippen molar-refractivity contribution in [3.8, 4) is 0 Å². The van der Waals surface area contributed by atoms with Gasteiger partial charge in [-0.3, -0.25) is 10.7 Å². The molecule has 2 N–H and O–H groups in total. The number of halogens is 1. The van der Waals surface area contributed by atoms with Crippen LogP contribution in [0.25, 0.3) is 0 Å². The Labute approximate surface area is 183 Å². The number of nitrogens with one attached hydrogen (secondary N) is 1. The van der Waals surface area contributed by atoms with Gasteiger partial charge in [-0.15, -0.1) is 0 Å². The van der Waals surface area contributed by atoms with Crippen molar-refractivity contribution in [3.05, 3.63) is 109 Å². The van der Waals surface area contributed by atoms with E-state index in [0.29, 0.717) is 12.1 Å². The summed E-state index contributed by atoms with van der Waals surface area (Å²) in [6.45, 7) is 4.72. The van der Waals surface area contributed by atoms with E-state index in [2.05, 4.69) is 41.2 Å². The summed E-state index contributed by atoms with van der Waals surface area (Å²) in [5, 5.41) is 9.54. The highest BCUT2D eigenvalue weighted by atomic mass is 19.1. The lowest BCUT2D eigenvalue weighted by atomic mass is 9.91. The normalized spacial score (nSPS) is 12.7. The Morgan fingerprint density at radius 1 is 0.968 bits per heavy atom. The van der Waals surface area contributed by atoms with Crippen molar-refractivity contribution in [2.45, 2.75) is 18.9 Å². The summed E-state index contributed by atoms with van der Waals surface area (Å²) in [7, 11) is 1.64. The van der Waals surface area contributed by atoms with E-state index in [9.17, 15) is 9.60 Å². The largest absolute Gasteiger partial charge is 0.377 e. The first-order chi connectivity index (χ1) is 15.1. The smallest absolute Gasteiger partial charge is 0.123 e. The molecule has 162 valence electrons. The van der Waals surface area contributed by atoms with Gasteiger partial charge in [-0.25, -0.2) is 4.39 Å². The molecule has 0 aromatic heterocycles. The number of anilines is 2. The fraction of sp³-hybridized carbons (Fsp3) is 0.231. The number of ether oxygens (including phenoxy) is 1. The molecule has 0 aliphatic rings. The monoisotopic (exact) mass is 420 g/mol. The van der Waals surface area contributed by atoms with E-state index in [4.69, 9.17) is 4.74 Å².